The van der Waals surface area contributed by atoms with Crippen LogP contribution in [0.25, 0.3) is 0 Å². The highest BCUT2D eigenvalue weighted by Gasteiger charge is 2.12. The van der Waals surface area contributed by atoms with Crippen LogP contribution in [0.4, 0.5) is 0 Å². The molecule has 1 heterocycles. The molecule has 0 aromatic carbocycles. The molecule has 1 amide bonds. The molecule has 5 heteroatoms. The molecule has 1 rings (SSSR count). The maximum Gasteiger partial charge on any atom is 0.305 e. The van der Waals surface area contributed by atoms with Gasteiger partial charge in [0.05, 0.1) is 6.42 Å². The minimum absolute atomic E-state index is 0.0986. The molecule has 1 atom stereocenters. The van der Waals surface area contributed by atoms with Crippen molar-refractivity contribution in [3.05, 3.63) is 30.1 Å². The van der Waals surface area contributed by atoms with Gasteiger partial charge >= 0.3 is 5.97 Å². The largest absolute Gasteiger partial charge is 0.481 e. The molecule has 0 aliphatic carbocycles. The van der Waals surface area contributed by atoms with Crippen LogP contribution >= 0.6 is 0 Å². The number of aliphatic carboxylic acids is 1. The Balaban J connectivity index is 2.53. The van der Waals surface area contributed by atoms with Crippen LogP contribution in [0.3, 0.4) is 0 Å². The van der Waals surface area contributed by atoms with E-state index in [4.69, 9.17) is 5.11 Å². The second-order valence-corrected chi connectivity index (χ2v) is 3.19. The molecule has 2 N–H and O–H groups in total. The van der Waals surface area contributed by atoms with E-state index in [2.05, 4.69) is 10.3 Å². The van der Waals surface area contributed by atoms with Crippen LogP contribution in [0, 0.1) is 0 Å². The number of carbonyl (C=O) groups excluding carboxylic acids is 1. The third-order valence-corrected chi connectivity index (χ3v) is 1.76. The van der Waals surface area contributed by atoms with Gasteiger partial charge in [-0.1, -0.05) is 6.07 Å². The zero-order valence-corrected chi connectivity index (χ0v) is 8.30. The monoisotopic (exact) mass is 208 g/mol. The predicted octanol–water partition coefficient (Wildman–Crippen LogP) is 0.675. The normalized spacial score (nSPS) is 11.8. The van der Waals surface area contributed by atoms with Gasteiger partial charge in [0.1, 0.15) is 5.69 Å². The topological polar surface area (TPSA) is 79.3 Å². The fraction of sp³-hybridized carbons (Fsp3) is 0.300. The summed E-state index contributed by atoms with van der Waals surface area (Å²) >= 11 is 0. The van der Waals surface area contributed by atoms with Crippen molar-refractivity contribution in [3.8, 4) is 0 Å². The smallest absolute Gasteiger partial charge is 0.305 e. The molecular weight excluding hydrogens is 196 g/mol. The van der Waals surface area contributed by atoms with Crippen LogP contribution in [-0.2, 0) is 4.79 Å². The number of hydrogen-bond acceptors (Lipinski definition) is 3. The molecule has 0 bridgehead atoms. The summed E-state index contributed by atoms with van der Waals surface area (Å²) < 4.78 is 0. The van der Waals surface area contributed by atoms with Crippen molar-refractivity contribution in [2.45, 2.75) is 19.4 Å². The maximum absolute atomic E-state index is 11.5. The van der Waals surface area contributed by atoms with E-state index in [1.54, 1.807) is 25.1 Å². The van der Waals surface area contributed by atoms with E-state index in [0.717, 1.165) is 0 Å². The first-order valence-electron chi connectivity index (χ1n) is 4.53. The van der Waals surface area contributed by atoms with Gasteiger partial charge in [-0.15, -0.1) is 0 Å². The second kappa shape index (κ2) is 5.09. The highest BCUT2D eigenvalue weighted by Crippen LogP contribution is 1.96. The maximum atomic E-state index is 11.5. The van der Waals surface area contributed by atoms with Crippen molar-refractivity contribution in [1.82, 2.24) is 10.3 Å². The number of nitrogens with zero attached hydrogens (tertiary/aromatic N) is 1. The number of aromatic nitrogens is 1. The molecule has 5 nitrogen and oxygen atoms in total. The number of carboxylic acids is 1. The lowest BCUT2D eigenvalue weighted by Gasteiger charge is -2.10. The summed E-state index contributed by atoms with van der Waals surface area (Å²) in [5.74, 6) is -1.30. The summed E-state index contributed by atoms with van der Waals surface area (Å²) in [6.07, 6.45) is 1.41. The van der Waals surface area contributed by atoms with Crippen LogP contribution in [0.15, 0.2) is 24.4 Å². The van der Waals surface area contributed by atoms with Crippen molar-refractivity contribution < 1.29 is 14.7 Å². The highest BCUT2D eigenvalue weighted by atomic mass is 16.4. The zero-order chi connectivity index (χ0) is 11.3. The Kier molecular flexibility index (Phi) is 3.79. The first kappa shape index (κ1) is 11.2. The van der Waals surface area contributed by atoms with E-state index in [9.17, 15) is 9.59 Å². The zero-order valence-electron chi connectivity index (χ0n) is 8.30. The highest BCUT2D eigenvalue weighted by molar-refractivity contribution is 5.92. The first-order valence-corrected chi connectivity index (χ1v) is 4.53. The van der Waals surface area contributed by atoms with Crippen molar-refractivity contribution in [2.75, 3.05) is 0 Å². The van der Waals surface area contributed by atoms with Gasteiger partial charge in [0.25, 0.3) is 5.91 Å². The number of amides is 1. The minimum Gasteiger partial charge on any atom is -0.481 e. The summed E-state index contributed by atoms with van der Waals surface area (Å²) in [6.45, 7) is 1.63. The number of hydrogen-bond donors (Lipinski definition) is 2. The Morgan fingerprint density at radius 3 is 2.80 bits per heavy atom. The molecule has 0 unspecified atom stereocenters. The predicted molar refractivity (Wildman–Crippen MR) is 53.4 cm³/mol. The lowest BCUT2D eigenvalue weighted by atomic mass is 10.2. The van der Waals surface area contributed by atoms with Gasteiger partial charge in [-0.2, -0.15) is 0 Å². The summed E-state index contributed by atoms with van der Waals surface area (Å²) in [5.41, 5.74) is 0.287. The molecule has 0 saturated heterocycles. The van der Waals surface area contributed by atoms with Gasteiger partial charge in [-0.25, -0.2) is 0 Å². The first-order chi connectivity index (χ1) is 7.09. The Labute approximate surface area is 87.1 Å². The standard InChI is InChI=1S/C10H12N2O3/c1-7(6-9(13)14)12-10(15)8-4-2-3-5-11-8/h2-5,7H,6H2,1H3,(H,12,15)(H,13,14)/t7-/m1/s1. The van der Waals surface area contributed by atoms with Crippen LogP contribution in [0.1, 0.15) is 23.8 Å². The van der Waals surface area contributed by atoms with Gasteiger partial charge in [0.2, 0.25) is 0 Å². The van der Waals surface area contributed by atoms with Gasteiger partial charge < -0.3 is 10.4 Å². The van der Waals surface area contributed by atoms with E-state index < -0.39 is 12.0 Å². The second-order valence-electron chi connectivity index (χ2n) is 3.19. The Morgan fingerprint density at radius 1 is 1.53 bits per heavy atom. The average molecular weight is 208 g/mol. The summed E-state index contributed by atoms with van der Waals surface area (Å²) in [4.78, 5) is 25.7. The lowest BCUT2D eigenvalue weighted by molar-refractivity contribution is -0.137. The summed E-state index contributed by atoms with van der Waals surface area (Å²) in [6, 6.07) is 4.57. The quantitative estimate of drug-likeness (QED) is 0.762. The van der Waals surface area contributed by atoms with Crippen molar-refractivity contribution in [2.24, 2.45) is 0 Å². The van der Waals surface area contributed by atoms with Crippen LogP contribution in [-0.4, -0.2) is 28.0 Å². The molecule has 80 valence electrons. The van der Waals surface area contributed by atoms with E-state index in [-0.39, 0.29) is 18.0 Å². The Morgan fingerprint density at radius 2 is 2.27 bits per heavy atom. The summed E-state index contributed by atoms with van der Waals surface area (Å²) in [5, 5.41) is 11.0. The third-order valence-electron chi connectivity index (χ3n) is 1.76. The molecular formula is C10H12N2O3. The fourth-order valence-corrected chi connectivity index (χ4v) is 1.11. The molecule has 0 aliphatic rings. The molecule has 0 radical (unpaired) electrons. The van der Waals surface area contributed by atoms with Gasteiger partial charge in [0.15, 0.2) is 0 Å². The van der Waals surface area contributed by atoms with Crippen molar-refractivity contribution in [3.63, 3.8) is 0 Å². The number of rotatable bonds is 4. The van der Waals surface area contributed by atoms with Gasteiger partial charge in [-0.3, -0.25) is 14.6 Å². The molecule has 0 spiro atoms. The molecule has 1 aromatic heterocycles. The number of carboxylic acid groups (broad SMARTS) is 1. The molecule has 15 heavy (non-hydrogen) atoms. The van der Waals surface area contributed by atoms with Crippen molar-refractivity contribution >= 4 is 11.9 Å². The Bertz CT molecular complexity index is 351. The van der Waals surface area contributed by atoms with Crippen LogP contribution in [0.5, 0.6) is 0 Å². The SMILES string of the molecule is C[C@H](CC(=O)O)NC(=O)c1ccccn1. The van der Waals surface area contributed by atoms with Crippen molar-refractivity contribution in [1.29, 1.82) is 0 Å². The third kappa shape index (κ3) is 3.76. The van der Waals surface area contributed by atoms with E-state index in [1.807, 2.05) is 0 Å². The molecule has 1 aromatic rings. The van der Waals surface area contributed by atoms with Gasteiger partial charge in [-0.05, 0) is 19.1 Å². The van der Waals surface area contributed by atoms with E-state index >= 15 is 0 Å². The minimum atomic E-state index is -0.941. The van der Waals surface area contributed by atoms with E-state index in [1.165, 1.54) is 6.20 Å². The van der Waals surface area contributed by atoms with E-state index in [0.29, 0.717) is 0 Å². The average Bonchev–Trinajstić information content (AvgIpc) is 2.17. The molecule has 0 saturated carbocycles. The Hall–Kier alpha value is -1.91. The lowest BCUT2D eigenvalue weighted by Crippen LogP contribution is -2.34. The van der Waals surface area contributed by atoms with Gasteiger partial charge in [0, 0.05) is 12.2 Å². The fourth-order valence-electron chi connectivity index (χ4n) is 1.11. The number of nitrogens with one attached hydrogen (secondary N) is 1. The number of pyridine rings is 1. The summed E-state index contributed by atoms with van der Waals surface area (Å²) in [7, 11) is 0. The number of carbonyl (C=O) groups is 2. The molecule has 0 fully saturated rings. The van der Waals surface area contributed by atoms with Crippen LogP contribution in [0.2, 0.25) is 0 Å². The van der Waals surface area contributed by atoms with Crippen LogP contribution < -0.4 is 5.32 Å². The molecule has 0 aliphatic heterocycles.